The number of hydrogen-bond acceptors (Lipinski definition) is 6. The molecule has 0 aliphatic carbocycles. The van der Waals surface area contributed by atoms with E-state index in [2.05, 4.69) is 20.4 Å². The molecular weight excluding hydrogens is 433 g/mol. The number of hydrogen-bond donors (Lipinski definition) is 1. The third-order valence-electron chi connectivity index (χ3n) is 5.85. The number of benzene rings is 1. The number of aromatic nitrogens is 2. The number of nitrogens with one attached hydrogen (secondary N) is 1. The molecule has 31 heavy (non-hydrogen) atoms. The van der Waals surface area contributed by atoms with Crippen molar-refractivity contribution in [3.8, 4) is 0 Å². The van der Waals surface area contributed by atoms with Crippen LogP contribution in [0.4, 0.5) is 13.2 Å². The predicted octanol–water partition coefficient (Wildman–Crippen LogP) is 3.12. The summed E-state index contributed by atoms with van der Waals surface area (Å²) in [6.45, 7) is 0.596. The van der Waals surface area contributed by atoms with Gasteiger partial charge in [-0.15, -0.1) is 5.10 Å². The Morgan fingerprint density at radius 3 is 2.68 bits per heavy atom. The fraction of sp³-hybridized carbons (Fsp3) is 0.400. The van der Waals surface area contributed by atoms with Gasteiger partial charge in [0.05, 0.1) is 16.1 Å². The molecule has 1 N–H and O–H groups in total. The highest BCUT2D eigenvalue weighted by molar-refractivity contribution is 6.34. The maximum atomic E-state index is 13.4. The molecule has 11 heteroatoms. The SMILES string of the molecule is O=C(c1cccc(C(F)(F)F)c1Cl)N1N=C(c2ncccn2)N2CC3CCCC(N3)C21. The number of halogens is 4. The van der Waals surface area contributed by atoms with E-state index in [0.29, 0.717) is 18.2 Å². The van der Waals surface area contributed by atoms with E-state index in [-0.39, 0.29) is 17.6 Å². The van der Waals surface area contributed by atoms with Crippen molar-refractivity contribution in [3.05, 3.63) is 58.6 Å². The second kappa shape index (κ2) is 7.45. The van der Waals surface area contributed by atoms with E-state index < -0.39 is 28.8 Å². The van der Waals surface area contributed by atoms with Crippen molar-refractivity contribution in [2.24, 2.45) is 5.10 Å². The van der Waals surface area contributed by atoms with E-state index in [1.54, 1.807) is 18.5 Å². The van der Waals surface area contributed by atoms with E-state index in [4.69, 9.17) is 11.6 Å². The maximum absolute atomic E-state index is 13.4. The first-order valence-electron chi connectivity index (χ1n) is 9.92. The Morgan fingerprint density at radius 2 is 1.94 bits per heavy atom. The summed E-state index contributed by atoms with van der Waals surface area (Å²) >= 11 is 6.03. The zero-order valence-corrected chi connectivity index (χ0v) is 16.9. The molecule has 2 fully saturated rings. The van der Waals surface area contributed by atoms with Crippen LogP contribution >= 0.6 is 11.6 Å². The lowest BCUT2D eigenvalue weighted by molar-refractivity contribution is -0.137. The average Bonchev–Trinajstić information content (AvgIpc) is 3.13. The van der Waals surface area contributed by atoms with Gasteiger partial charge in [0.2, 0.25) is 0 Å². The number of carbonyl (C=O) groups is 1. The van der Waals surface area contributed by atoms with Gasteiger partial charge < -0.3 is 10.2 Å². The third kappa shape index (κ3) is 3.43. The van der Waals surface area contributed by atoms with Crippen molar-refractivity contribution in [3.63, 3.8) is 0 Å². The van der Waals surface area contributed by atoms with Crippen molar-refractivity contribution < 1.29 is 18.0 Å². The highest BCUT2D eigenvalue weighted by Gasteiger charge is 2.49. The summed E-state index contributed by atoms with van der Waals surface area (Å²) in [6, 6.07) is 5.15. The molecule has 0 spiro atoms. The van der Waals surface area contributed by atoms with Crippen LogP contribution in [-0.2, 0) is 6.18 Å². The zero-order chi connectivity index (χ0) is 21.8. The lowest BCUT2D eigenvalue weighted by atomic mass is 9.91. The molecule has 162 valence electrons. The fourth-order valence-electron chi connectivity index (χ4n) is 4.52. The molecular formula is C20H18ClF3N6O. The molecule has 3 aliphatic heterocycles. The summed E-state index contributed by atoms with van der Waals surface area (Å²) in [4.78, 5) is 23.9. The molecule has 2 aromatic rings. The second-order valence-corrected chi connectivity index (χ2v) is 8.16. The molecule has 2 saturated heterocycles. The van der Waals surface area contributed by atoms with Gasteiger partial charge in [0.1, 0.15) is 6.17 Å². The number of nitrogens with zero attached hydrogens (tertiary/aromatic N) is 5. The standard InChI is InChI=1S/C20H18ClF3N6O/c21-15-12(5-2-6-13(15)20(22,23)24)19(31)30-18-14-7-1-4-11(27-14)10-29(18)17(28-30)16-25-8-3-9-26-16/h2-3,5-6,8-9,11,14,18,27H,1,4,7,10H2. The smallest absolute Gasteiger partial charge is 0.327 e. The largest absolute Gasteiger partial charge is 0.417 e. The lowest BCUT2D eigenvalue weighted by Gasteiger charge is -2.47. The second-order valence-electron chi connectivity index (χ2n) is 7.78. The number of amidine groups is 1. The molecule has 3 unspecified atom stereocenters. The molecule has 1 aromatic heterocycles. The Kier molecular flexibility index (Phi) is 4.86. The van der Waals surface area contributed by atoms with Gasteiger partial charge in [0, 0.05) is 31.0 Å². The number of rotatable bonds is 2. The molecule has 0 radical (unpaired) electrons. The van der Waals surface area contributed by atoms with Gasteiger partial charge in [-0.2, -0.15) is 13.2 Å². The Balaban J connectivity index is 1.57. The number of hydrazone groups is 1. The third-order valence-corrected chi connectivity index (χ3v) is 6.25. The highest BCUT2D eigenvalue weighted by atomic mass is 35.5. The molecule has 2 bridgehead atoms. The molecule has 5 rings (SSSR count). The van der Waals surface area contributed by atoms with Crippen molar-refractivity contribution in [1.29, 1.82) is 0 Å². The number of amides is 1. The number of piperidine rings is 1. The summed E-state index contributed by atoms with van der Waals surface area (Å²) in [5, 5.41) is 8.61. The molecule has 3 aliphatic rings. The quantitative estimate of drug-likeness (QED) is 0.761. The van der Waals surface area contributed by atoms with Crippen LogP contribution in [0.5, 0.6) is 0 Å². The van der Waals surface area contributed by atoms with E-state index in [1.165, 1.54) is 17.1 Å². The molecule has 1 aromatic carbocycles. The first kappa shape index (κ1) is 20.2. The average molecular weight is 451 g/mol. The summed E-state index contributed by atoms with van der Waals surface area (Å²) in [5.41, 5.74) is -1.29. The van der Waals surface area contributed by atoms with Gasteiger partial charge in [-0.25, -0.2) is 15.0 Å². The van der Waals surface area contributed by atoms with Crippen molar-refractivity contribution in [2.75, 3.05) is 6.54 Å². The van der Waals surface area contributed by atoms with Crippen LogP contribution in [0.25, 0.3) is 0 Å². The number of alkyl halides is 3. The summed E-state index contributed by atoms with van der Waals surface area (Å²) < 4.78 is 40.0. The summed E-state index contributed by atoms with van der Waals surface area (Å²) in [6.07, 6.45) is 0.810. The van der Waals surface area contributed by atoms with Crippen LogP contribution in [0.1, 0.15) is 41.0 Å². The van der Waals surface area contributed by atoms with Crippen molar-refractivity contribution in [1.82, 2.24) is 25.2 Å². The Morgan fingerprint density at radius 1 is 1.16 bits per heavy atom. The Bertz CT molecular complexity index is 1050. The topological polar surface area (TPSA) is 73.7 Å². The number of fused-ring (bicyclic) bond motifs is 4. The first-order chi connectivity index (χ1) is 14.8. The van der Waals surface area contributed by atoms with Gasteiger partial charge in [0.15, 0.2) is 11.7 Å². The van der Waals surface area contributed by atoms with Crippen LogP contribution < -0.4 is 5.32 Å². The van der Waals surface area contributed by atoms with Crippen LogP contribution in [-0.4, -0.2) is 56.4 Å². The molecule has 3 atom stereocenters. The van der Waals surface area contributed by atoms with E-state index in [0.717, 1.165) is 25.3 Å². The minimum absolute atomic E-state index is 0.0778. The van der Waals surface area contributed by atoms with Gasteiger partial charge in [0.25, 0.3) is 5.91 Å². The monoisotopic (exact) mass is 450 g/mol. The summed E-state index contributed by atoms with van der Waals surface area (Å²) in [5.74, 6) is 0.0983. The minimum atomic E-state index is -4.67. The molecule has 0 saturated carbocycles. The zero-order valence-electron chi connectivity index (χ0n) is 16.2. The minimum Gasteiger partial charge on any atom is -0.327 e. The van der Waals surface area contributed by atoms with Crippen LogP contribution in [0.15, 0.2) is 41.8 Å². The van der Waals surface area contributed by atoms with Crippen molar-refractivity contribution in [2.45, 2.75) is 43.7 Å². The lowest BCUT2D eigenvalue weighted by Crippen LogP contribution is -2.67. The molecule has 1 amide bonds. The normalized spacial score (nSPS) is 25.3. The molecule has 4 heterocycles. The fourth-order valence-corrected chi connectivity index (χ4v) is 4.83. The van der Waals surface area contributed by atoms with Gasteiger partial charge in [-0.1, -0.05) is 24.1 Å². The van der Waals surface area contributed by atoms with Crippen LogP contribution in [0.2, 0.25) is 5.02 Å². The van der Waals surface area contributed by atoms with Crippen LogP contribution in [0, 0.1) is 0 Å². The number of piperazine rings is 1. The van der Waals surface area contributed by atoms with E-state index in [9.17, 15) is 18.0 Å². The van der Waals surface area contributed by atoms with Gasteiger partial charge >= 0.3 is 6.18 Å². The first-order valence-corrected chi connectivity index (χ1v) is 10.3. The van der Waals surface area contributed by atoms with Crippen LogP contribution in [0.3, 0.4) is 0 Å². The summed E-state index contributed by atoms with van der Waals surface area (Å²) in [7, 11) is 0. The van der Waals surface area contributed by atoms with Crippen molar-refractivity contribution >= 4 is 23.3 Å². The highest BCUT2D eigenvalue weighted by Crippen LogP contribution is 2.38. The molecule has 7 nitrogen and oxygen atoms in total. The Hall–Kier alpha value is -2.72. The Labute approximate surface area is 180 Å². The number of carbonyl (C=O) groups excluding carboxylic acids is 1. The van der Waals surface area contributed by atoms with E-state index >= 15 is 0 Å². The predicted molar refractivity (Wildman–Crippen MR) is 106 cm³/mol. The van der Waals surface area contributed by atoms with E-state index in [1.807, 2.05) is 4.90 Å². The van der Waals surface area contributed by atoms with Gasteiger partial charge in [-0.3, -0.25) is 4.79 Å². The van der Waals surface area contributed by atoms with Gasteiger partial charge in [-0.05, 0) is 31.0 Å². The maximum Gasteiger partial charge on any atom is 0.417 e.